The van der Waals surface area contributed by atoms with Gasteiger partial charge in [-0.1, -0.05) is 17.5 Å². The van der Waals surface area contributed by atoms with Crippen LogP contribution in [0.4, 0.5) is 18.9 Å². The zero-order chi connectivity index (χ0) is 14.9. The summed E-state index contributed by atoms with van der Waals surface area (Å²) in [5.41, 5.74) is 0.307. The van der Waals surface area contributed by atoms with E-state index in [1.807, 2.05) is 0 Å². The SMILES string of the molecule is C#CCN1CC(C(F)(F)F)C(=O)N1c1ccc(Cl)cc1. The summed E-state index contributed by atoms with van der Waals surface area (Å²) in [5, 5.41) is 2.59. The molecule has 1 unspecified atom stereocenters. The van der Waals surface area contributed by atoms with Gasteiger partial charge in [0.2, 0.25) is 0 Å². The number of anilines is 1. The number of terminal acetylenes is 1. The number of halogens is 4. The fourth-order valence-corrected chi connectivity index (χ4v) is 2.14. The van der Waals surface area contributed by atoms with Crippen LogP contribution >= 0.6 is 11.6 Å². The molecule has 1 aromatic carbocycles. The molecule has 7 heteroatoms. The quantitative estimate of drug-likeness (QED) is 0.784. The van der Waals surface area contributed by atoms with Crippen molar-refractivity contribution in [3.63, 3.8) is 0 Å². The minimum atomic E-state index is -4.59. The fraction of sp³-hybridized carbons (Fsp3) is 0.308. The lowest BCUT2D eigenvalue weighted by Crippen LogP contribution is -2.39. The summed E-state index contributed by atoms with van der Waals surface area (Å²) in [6.07, 6.45) is 0.549. The summed E-state index contributed by atoms with van der Waals surface area (Å²) in [6.45, 7) is -0.559. The van der Waals surface area contributed by atoms with Crippen molar-refractivity contribution >= 4 is 23.2 Å². The molecular weight excluding hydrogens is 293 g/mol. The highest BCUT2D eigenvalue weighted by atomic mass is 35.5. The number of benzene rings is 1. The number of carbonyl (C=O) groups is 1. The first-order chi connectivity index (χ1) is 9.34. The van der Waals surface area contributed by atoms with E-state index in [-0.39, 0.29) is 6.54 Å². The second-order valence-electron chi connectivity index (χ2n) is 4.27. The van der Waals surface area contributed by atoms with Crippen LogP contribution in [-0.2, 0) is 4.79 Å². The number of rotatable bonds is 2. The lowest BCUT2D eigenvalue weighted by atomic mass is 10.1. The van der Waals surface area contributed by atoms with Gasteiger partial charge in [-0.3, -0.25) is 4.79 Å². The molecule has 0 aliphatic carbocycles. The van der Waals surface area contributed by atoms with Crippen molar-refractivity contribution in [2.75, 3.05) is 18.1 Å². The Morgan fingerprint density at radius 3 is 2.45 bits per heavy atom. The first kappa shape index (κ1) is 14.7. The molecule has 1 saturated heterocycles. The molecule has 20 heavy (non-hydrogen) atoms. The Bertz CT molecular complexity index is 550. The van der Waals surface area contributed by atoms with Gasteiger partial charge >= 0.3 is 6.18 Å². The number of hydrogen-bond acceptors (Lipinski definition) is 2. The number of alkyl halides is 3. The highest BCUT2D eigenvalue weighted by Crippen LogP contribution is 2.36. The molecular formula is C13H10ClF3N2O. The van der Waals surface area contributed by atoms with Crippen molar-refractivity contribution in [3.8, 4) is 12.3 Å². The van der Waals surface area contributed by atoms with E-state index < -0.39 is 24.5 Å². The molecule has 1 amide bonds. The van der Waals surface area contributed by atoms with Crippen molar-refractivity contribution in [2.45, 2.75) is 6.18 Å². The first-order valence-corrected chi connectivity index (χ1v) is 6.07. The smallest absolute Gasteiger partial charge is 0.272 e. The van der Waals surface area contributed by atoms with E-state index in [9.17, 15) is 18.0 Å². The van der Waals surface area contributed by atoms with E-state index in [1.54, 1.807) is 0 Å². The first-order valence-electron chi connectivity index (χ1n) is 5.69. The summed E-state index contributed by atoms with van der Waals surface area (Å²) < 4.78 is 38.5. The van der Waals surface area contributed by atoms with Gasteiger partial charge in [-0.05, 0) is 24.3 Å². The second-order valence-corrected chi connectivity index (χ2v) is 4.71. The largest absolute Gasteiger partial charge is 0.401 e. The molecule has 1 atom stereocenters. The molecule has 0 spiro atoms. The van der Waals surface area contributed by atoms with Crippen molar-refractivity contribution in [3.05, 3.63) is 29.3 Å². The fourth-order valence-electron chi connectivity index (χ4n) is 2.01. The molecule has 0 N–H and O–H groups in total. The lowest BCUT2D eigenvalue weighted by molar-refractivity contribution is -0.175. The molecule has 1 aliphatic rings. The molecule has 0 bridgehead atoms. The molecule has 1 aliphatic heterocycles. The monoisotopic (exact) mass is 302 g/mol. The Kier molecular flexibility index (Phi) is 3.93. The van der Waals surface area contributed by atoms with Crippen LogP contribution in [0.15, 0.2) is 24.3 Å². The van der Waals surface area contributed by atoms with E-state index in [0.29, 0.717) is 10.7 Å². The van der Waals surface area contributed by atoms with Gasteiger partial charge in [0, 0.05) is 11.6 Å². The van der Waals surface area contributed by atoms with Gasteiger partial charge in [0.1, 0.15) is 5.92 Å². The van der Waals surface area contributed by atoms with Gasteiger partial charge in [0.25, 0.3) is 5.91 Å². The number of carbonyl (C=O) groups excluding carboxylic acids is 1. The van der Waals surface area contributed by atoms with Gasteiger partial charge in [0.15, 0.2) is 0 Å². The van der Waals surface area contributed by atoms with Crippen LogP contribution in [0.3, 0.4) is 0 Å². The number of nitrogens with zero attached hydrogens (tertiary/aromatic N) is 2. The Labute approximate surface area is 118 Å². The van der Waals surface area contributed by atoms with E-state index in [1.165, 1.54) is 29.3 Å². The highest BCUT2D eigenvalue weighted by Gasteiger charge is 2.53. The van der Waals surface area contributed by atoms with E-state index in [2.05, 4.69) is 5.92 Å². The molecule has 3 nitrogen and oxygen atoms in total. The average Bonchev–Trinajstić information content (AvgIpc) is 2.68. The van der Waals surface area contributed by atoms with Crippen LogP contribution in [0.1, 0.15) is 0 Å². The third kappa shape index (κ3) is 2.74. The zero-order valence-corrected chi connectivity index (χ0v) is 10.9. The third-order valence-corrected chi connectivity index (χ3v) is 3.18. The standard InChI is InChI=1S/C13H10ClF3N2O/c1-2-7-18-8-11(13(15,16)17)12(20)19(18)10-5-3-9(14)4-6-10/h1,3-6,11H,7-8H2. The molecule has 106 valence electrons. The van der Waals surface area contributed by atoms with Gasteiger partial charge in [-0.2, -0.15) is 13.2 Å². The molecule has 1 heterocycles. The van der Waals surface area contributed by atoms with Crippen molar-refractivity contribution in [1.29, 1.82) is 0 Å². The maximum absolute atomic E-state index is 12.8. The highest BCUT2D eigenvalue weighted by molar-refractivity contribution is 6.30. The molecule has 2 rings (SSSR count). The van der Waals surface area contributed by atoms with E-state index in [0.717, 1.165) is 5.01 Å². The number of amides is 1. The van der Waals surface area contributed by atoms with Crippen LogP contribution < -0.4 is 5.01 Å². The number of hydrogen-bond donors (Lipinski definition) is 0. The topological polar surface area (TPSA) is 23.6 Å². The zero-order valence-electron chi connectivity index (χ0n) is 10.2. The van der Waals surface area contributed by atoms with E-state index >= 15 is 0 Å². The Balaban J connectivity index is 2.36. The Morgan fingerprint density at radius 1 is 1.35 bits per heavy atom. The number of hydrazine groups is 1. The Hall–Kier alpha value is -1.71. The normalized spacial score (nSPS) is 20.2. The van der Waals surface area contributed by atoms with E-state index in [4.69, 9.17) is 18.0 Å². The minimum Gasteiger partial charge on any atom is -0.272 e. The minimum absolute atomic E-state index is 0.0824. The van der Waals surface area contributed by atoms with Crippen LogP contribution in [0, 0.1) is 18.3 Å². The van der Waals surface area contributed by atoms with Crippen molar-refractivity contribution in [1.82, 2.24) is 5.01 Å². The summed E-state index contributed by atoms with van der Waals surface area (Å²) >= 11 is 5.72. The average molecular weight is 303 g/mol. The van der Waals surface area contributed by atoms with Crippen LogP contribution in [0.5, 0.6) is 0 Å². The maximum atomic E-state index is 12.8. The Morgan fingerprint density at radius 2 is 1.95 bits per heavy atom. The predicted octanol–water partition coefficient (Wildman–Crippen LogP) is 2.72. The van der Waals surface area contributed by atoms with Gasteiger partial charge < -0.3 is 0 Å². The molecule has 1 aromatic rings. The van der Waals surface area contributed by atoms with Crippen molar-refractivity contribution < 1.29 is 18.0 Å². The van der Waals surface area contributed by atoms with Crippen molar-refractivity contribution in [2.24, 2.45) is 5.92 Å². The van der Waals surface area contributed by atoms with Crippen LogP contribution in [0.25, 0.3) is 0 Å². The third-order valence-electron chi connectivity index (χ3n) is 2.92. The van der Waals surface area contributed by atoms with Crippen LogP contribution in [-0.4, -0.2) is 30.2 Å². The summed E-state index contributed by atoms with van der Waals surface area (Å²) in [5.74, 6) is -0.844. The molecule has 0 radical (unpaired) electrons. The maximum Gasteiger partial charge on any atom is 0.401 e. The molecule has 0 saturated carbocycles. The molecule has 1 fully saturated rings. The van der Waals surface area contributed by atoms with Gasteiger partial charge in [0.05, 0.1) is 12.2 Å². The summed E-state index contributed by atoms with van der Waals surface area (Å²) in [6, 6.07) is 5.95. The second kappa shape index (κ2) is 5.35. The lowest BCUT2D eigenvalue weighted by Gasteiger charge is -2.25. The van der Waals surface area contributed by atoms with Gasteiger partial charge in [-0.25, -0.2) is 10.0 Å². The predicted molar refractivity (Wildman–Crippen MR) is 68.9 cm³/mol. The molecule has 0 aromatic heterocycles. The summed E-state index contributed by atoms with van der Waals surface area (Å²) in [4.78, 5) is 12.0. The van der Waals surface area contributed by atoms with Crippen LogP contribution in [0.2, 0.25) is 5.02 Å². The van der Waals surface area contributed by atoms with Gasteiger partial charge in [-0.15, -0.1) is 6.42 Å². The summed E-state index contributed by atoms with van der Waals surface area (Å²) in [7, 11) is 0.